The Morgan fingerprint density at radius 3 is 2.48 bits per heavy atom. The van der Waals surface area contributed by atoms with Gasteiger partial charge in [-0.05, 0) is 37.6 Å². The molecule has 0 aliphatic rings. The standard InChI is InChI=1S/C21H22N4/c1-15-5-10-20(16(2)11-15)24(3)13-19-14-25(4)23-21(19)18-8-6-17(12-22)7-9-18/h5-11,14H,13H2,1-4H3. The minimum absolute atomic E-state index is 0.661. The molecule has 3 aromatic rings. The quantitative estimate of drug-likeness (QED) is 0.720. The summed E-state index contributed by atoms with van der Waals surface area (Å²) in [5, 5.41) is 13.6. The third-order valence-corrected chi connectivity index (χ3v) is 4.36. The number of nitriles is 1. The Balaban J connectivity index is 1.91. The minimum Gasteiger partial charge on any atom is -0.370 e. The van der Waals surface area contributed by atoms with Crippen LogP contribution < -0.4 is 4.90 Å². The van der Waals surface area contributed by atoms with E-state index in [1.807, 2.05) is 36.0 Å². The van der Waals surface area contributed by atoms with Crippen LogP contribution in [0.5, 0.6) is 0 Å². The summed E-state index contributed by atoms with van der Waals surface area (Å²) >= 11 is 0. The molecule has 0 radical (unpaired) electrons. The lowest BCUT2D eigenvalue weighted by atomic mass is 10.1. The van der Waals surface area contributed by atoms with Gasteiger partial charge in [-0.2, -0.15) is 10.4 Å². The van der Waals surface area contributed by atoms with E-state index in [9.17, 15) is 0 Å². The Bertz CT molecular complexity index is 930. The van der Waals surface area contributed by atoms with Crippen molar-refractivity contribution >= 4 is 5.69 Å². The van der Waals surface area contributed by atoms with E-state index in [-0.39, 0.29) is 0 Å². The van der Waals surface area contributed by atoms with Crippen LogP contribution >= 0.6 is 0 Å². The normalized spacial score (nSPS) is 10.5. The molecule has 0 saturated heterocycles. The lowest BCUT2D eigenvalue weighted by Gasteiger charge is -2.21. The summed E-state index contributed by atoms with van der Waals surface area (Å²) in [4.78, 5) is 2.25. The van der Waals surface area contributed by atoms with Gasteiger partial charge < -0.3 is 4.90 Å². The van der Waals surface area contributed by atoms with Gasteiger partial charge in [0.05, 0.1) is 17.3 Å². The second-order valence-electron chi connectivity index (χ2n) is 6.51. The number of anilines is 1. The lowest BCUT2D eigenvalue weighted by Crippen LogP contribution is -2.17. The molecule has 2 aromatic carbocycles. The Kier molecular flexibility index (Phi) is 4.58. The molecule has 0 fully saturated rings. The van der Waals surface area contributed by atoms with E-state index < -0.39 is 0 Å². The van der Waals surface area contributed by atoms with Crippen LogP contribution in [0.1, 0.15) is 22.3 Å². The number of aromatic nitrogens is 2. The van der Waals surface area contributed by atoms with Crippen LogP contribution in [-0.2, 0) is 13.6 Å². The first kappa shape index (κ1) is 16.8. The number of hydrogen-bond donors (Lipinski definition) is 0. The zero-order valence-corrected chi connectivity index (χ0v) is 15.1. The van der Waals surface area contributed by atoms with Crippen LogP contribution in [0.25, 0.3) is 11.3 Å². The molecule has 1 aromatic heterocycles. The van der Waals surface area contributed by atoms with Gasteiger partial charge in [0.15, 0.2) is 0 Å². The molecule has 0 spiro atoms. The first-order chi connectivity index (χ1) is 12.0. The van der Waals surface area contributed by atoms with E-state index in [0.717, 1.165) is 23.4 Å². The molecule has 0 unspecified atom stereocenters. The summed E-state index contributed by atoms with van der Waals surface area (Å²) in [6.45, 7) is 5.03. The van der Waals surface area contributed by atoms with Gasteiger partial charge in [0.2, 0.25) is 0 Å². The molecule has 0 aliphatic heterocycles. The van der Waals surface area contributed by atoms with E-state index in [4.69, 9.17) is 5.26 Å². The Labute approximate surface area is 148 Å². The topological polar surface area (TPSA) is 44.9 Å². The summed E-state index contributed by atoms with van der Waals surface area (Å²) in [5.74, 6) is 0. The van der Waals surface area contributed by atoms with E-state index in [2.05, 4.69) is 61.4 Å². The largest absolute Gasteiger partial charge is 0.370 e. The fourth-order valence-corrected chi connectivity index (χ4v) is 3.17. The smallest absolute Gasteiger partial charge is 0.0991 e. The van der Waals surface area contributed by atoms with Crippen molar-refractivity contribution in [1.29, 1.82) is 5.26 Å². The van der Waals surface area contributed by atoms with Crippen LogP contribution in [0.15, 0.2) is 48.7 Å². The van der Waals surface area contributed by atoms with Gasteiger partial charge in [-0.15, -0.1) is 0 Å². The van der Waals surface area contributed by atoms with Crippen molar-refractivity contribution in [3.8, 4) is 17.3 Å². The van der Waals surface area contributed by atoms with Crippen molar-refractivity contribution in [2.24, 2.45) is 7.05 Å². The number of rotatable bonds is 4. The van der Waals surface area contributed by atoms with Crippen molar-refractivity contribution in [1.82, 2.24) is 9.78 Å². The zero-order chi connectivity index (χ0) is 18.0. The molecule has 0 aliphatic carbocycles. The lowest BCUT2D eigenvalue weighted by molar-refractivity contribution is 0.769. The summed E-state index contributed by atoms with van der Waals surface area (Å²) in [6.07, 6.45) is 2.06. The van der Waals surface area contributed by atoms with E-state index in [0.29, 0.717) is 5.56 Å². The Hall–Kier alpha value is -3.06. The van der Waals surface area contributed by atoms with Crippen LogP contribution in [0.4, 0.5) is 5.69 Å². The molecule has 0 saturated carbocycles. The summed E-state index contributed by atoms with van der Waals surface area (Å²) in [7, 11) is 4.04. The molecule has 1 heterocycles. The van der Waals surface area contributed by atoms with Gasteiger partial charge in [0.25, 0.3) is 0 Å². The summed E-state index contributed by atoms with van der Waals surface area (Å²) in [6, 6.07) is 16.3. The number of aryl methyl sites for hydroxylation is 3. The van der Waals surface area contributed by atoms with Crippen molar-refractivity contribution in [2.45, 2.75) is 20.4 Å². The van der Waals surface area contributed by atoms with E-state index >= 15 is 0 Å². The van der Waals surface area contributed by atoms with Crippen molar-refractivity contribution in [3.05, 3.63) is 70.9 Å². The minimum atomic E-state index is 0.661. The van der Waals surface area contributed by atoms with Gasteiger partial charge in [-0.25, -0.2) is 0 Å². The molecule has 0 bridgehead atoms. The summed E-state index contributed by atoms with van der Waals surface area (Å²) in [5.41, 5.74) is 7.58. The van der Waals surface area contributed by atoms with E-state index in [1.54, 1.807) is 0 Å². The highest BCUT2D eigenvalue weighted by atomic mass is 15.3. The van der Waals surface area contributed by atoms with E-state index in [1.165, 1.54) is 16.8 Å². The second-order valence-corrected chi connectivity index (χ2v) is 6.51. The fourth-order valence-electron chi connectivity index (χ4n) is 3.17. The first-order valence-corrected chi connectivity index (χ1v) is 8.29. The maximum Gasteiger partial charge on any atom is 0.0991 e. The SMILES string of the molecule is Cc1ccc(N(C)Cc2cn(C)nc2-c2ccc(C#N)cc2)c(C)c1. The first-order valence-electron chi connectivity index (χ1n) is 8.29. The average molecular weight is 330 g/mol. The summed E-state index contributed by atoms with van der Waals surface area (Å²) < 4.78 is 1.85. The fraction of sp³-hybridized carbons (Fsp3) is 0.238. The van der Waals surface area contributed by atoms with Crippen molar-refractivity contribution < 1.29 is 0 Å². The molecular weight excluding hydrogens is 308 g/mol. The molecule has 3 rings (SSSR count). The molecule has 25 heavy (non-hydrogen) atoms. The zero-order valence-electron chi connectivity index (χ0n) is 15.1. The van der Waals surface area contributed by atoms with Gasteiger partial charge in [0, 0.05) is 43.7 Å². The van der Waals surface area contributed by atoms with Gasteiger partial charge >= 0.3 is 0 Å². The third kappa shape index (κ3) is 3.56. The van der Waals surface area contributed by atoms with Crippen LogP contribution in [0.3, 0.4) is 0 Å². The maximum atomic E-state index is 8.97. The predicted octanol–water partition coefficient (Wildman–Crippen LogP) is 4.21. The average Bonchev–Trinajstić information content (AvgIpc) is 2.95. The van der Waals surface area contributed by atoms with Crippen LogP contribution in [-0.4, -0.2) is 16.8 Å². The van der Waals surface area contributed by atoms with Crippen molar-refractivity contribution in [3.63, 3.8) is 0 Å². The molecule has 0 atom stereocenters. The van der Waals surface area contributed by atoms with Gasteiger partial charge in [0.1, 0.15) is 0 Å². The van der Waals surface area contributed by atoms with Crippen molar-refractivity contribution in [2.75, 3.05) is 11.9 Å². The third-order valence-electron chi connectivity index (χ3n) is 4.36. The molecular formula is C21H22N4. The highest BCUT2D eigenvalue weighted by molar-refractivity contribution is 5.65. The molecule has 4 nitrogen and oxygen atoms in total. The highest BCUT2D eigenvalue weighted by Crippen LogP contribution is 2.26. The molecule has 0 amide bonds. The Morgan fingerprint density at radius 1 is 1.12 bits per heavy atom. The monoisotopic (exact) mass is 330 g/mol. The molecule has 0 N–H and O–H groups in total. The van der Waals surface area contributed by atoms with Gasteiger partial charge in [-0.3, -0.25) is 4.68 Å². The van der Waals surface area contributed by atoms with Crippen LogP contribution in [0, 0.1) is 25.2 Å². The second kappa shape index (κ2) is 6.82. The highest BCUT2D eigenvalue weighted by Gasteiger charge is 2.13. The van der Waals surface area contributed by atoms with Gasteiger partial charge in [-0.1, -0.05) is 29.8 Å². The number of nitrogens with zero attached hydrogens (tertiary/aromatic N) is 4. The number of hydrogen-bond acceptors (Lipinski definition) is 3. The van der Waals surface area contributed by atoms with Crippen LogP contribution in [0.2, 0.25) is 0 Å². The molecule has 4 heteroatoms. The molecule has 126 valence electrons. The Morgan fingerprint density at radius 2 is 1.84 bits per heavy atom. The maximum absolute atomic E-state index is 8.97. The predicted molar refractivity (Wildman–Crippen MR) is 101 cm³/mol. The number of benzene rings is 2.